The van der Waals surface area contributed by atoms with Crippen molar-refractivity contribution in [1.29, 1.82) is 0 Å². The summed E-state index contributed by atoms with van der Waals surface area (Å²) in [4.78, 5) is 0. The SMILES string of the molecule is CNNC(NC(c1ccc2c(c1)sc1ccccc12)c1ccccc1-n1c2c(c3ccccc31)CCC=C2)c1ccc2sc3ccccc3c2c1. The summed E-state index contributed by atoms with van der Waals surface area (Å²) in [5.74, 6) is 0. The lowest BCUT2D eigenvalue weighted by Gasteiger charge is -2.30. The number of allylic oxidation sites excluding steroid dienone is 1. The summed E-state index contributed by atoms with van der Waals surface area (Å²) >= 11 is 3.73. The third-order valence-corrected chi connectivity index (χ3v) is 12.7. The maximum Gasteiger partial charge on any atom is 0.0970 e. The highest BCUT2D eigenvalue weighted by atomic mass is 32.1. The largest absolute Gasteiger partial charge is 0.309 e. The van der Waals surface area contributed by atoms with Gasteiger partial charge in [0, 0.05) is 51.4 Å². The number of thiophene rings is 2. The van der Waals surface area contributed by atoms with Crippen LogP contribution < -0.4 is 16.2 Å². The average molecular weight is 697 g/mol. The van der Waals surface area contributed by atoms with Gasteiger partial charge < -0.3 is 4.57 Å². The van der Waals surface area contributed by atoms with Crippen molar-refractivity contribution in [3.8, 4) is 5.69 Å². The van der Waals surface area contributed by atoms with Crippen molar-refractivity contribution >= 4 is 80.0 Å². The number of aromatic nitrogens is 1. The maximum absolute atomic E-state index is 4.14. The Morgan fingerprint density at radius 1 is 0.608 bits per heavy atom. The van der Waals surface area contributed by atoms with Gasteiger partial charge in [0.15, 0.2) is 0 Å². The van der Waals surface area contributed by atoms with Gasteiger partial charge in [0.25, 0.3) is 0 Å². The second-order valence-electron chi connectivity index (χ2n) is 13.4. The molecule has 0 saturated heterocycles. The predicted octanol–water partition coefficient (Wildman–Crippen LogP) is 11.4. The van der Waals surface area contributed by atoms with Crippen LogP contribution in [0.1, 0.15) is 46.6 Å². The van der Waals surface area contributed by atoms with Gasteiger partial charge in [-0.1, -0.05) is 97.1 Å². The summed E-state index contributed by atoms with van der Waals surface area (Å²) in [6.45, 7) is 0. The molecule has 248 valence electrons. The zero-order valence-corrected chi connectivity index (χ0v) is 29.8. The number of benzene rings is 6. The molecular formula is C45H36N4S2. The van der Waals surface area contributed by atoms with Crippen LogP contribution in [0.5, 0.6) is 0 Å². The Kier molecular flexibility index (Phi) is 7.59. The predicted molar refractivity (Wildman–Crippen MR) is 219 cm³/mol. The lowest BCUT2D eigenvalue weighted by Crippen LogP contribution is -2.42. The molecule has 1 aliphatic carbocycles. The van der Waals surface area contributed by atoms with E-state index in [1.165, 1.54) is 84.9 Å². The van der Waals surface area contributed by atoms with Crippen molar-refractivity contribution in [1.82, 2.24) is 20.7 Å². The van der Waals surface area contributed by atoms with Gasteiger partial charge in [-0.3, -0.25) is 10.7 Å². The quantitative estimate of drug-likeness (QED) is 0.109. The van der Waals surface area contributed by atoms with E-state index in [4.69, 9.17) is 0 Å². The van der Waals surface area contributed by atoms with E-state index < -0.39 is 0 Å². The molecule has 3 heterocycles. The van der Waals surface area contributed by atoms with Crippen molar-refractivity contribution in [3.63, 3.8) is 0 Å². The van der Waals surface area contributed by atoms with Crippen molar-refractivity contribution in [3.05, 3.63) is 167 Å². The topological polar surface area (TPSA) is 41.0 Å². The van der Waals surface area contributed by atoms with E-state index in [1.807, 2.05) is 29.7 Å². The number of aryl methyl sites for hydroxylation is 1. The van der Waals surface area contributed by atoms with E-state index in [1.54, 1.807) is 0 Å². The summed E-state index contributed by atoms with van der Waals surface area (Å²) < 4.78 is 7.73. The molecule has 6 heteroatoms. The third kappa shape index (κ3) is 5.14. The van der Waals surface area contributed by atoms with Crippen LogP contribution in [0, 0.1) is 0 Å². The van der Waals surface area contributed by atoms with Crippen LogP contribution in [0.3, 0.4) is 0 Å². The first kappa shape index (κ1) is 30.7. The minimum absolute atomic E-state index is 0.138. The molecule has 0 saturated carbocycles. The van der Waals surface area contributed by atoms with Crippen LogP contribution in [0.2, 0.25) is 0 Å². The molecule has 51 heavy (non-hydrogen) atoms. The maximum atomic E-state index is 4.14. The minimum Gasteiger partial charge on any atom is -0.309 e. The van der Waals surface area contributed by atoms with E-state index in [9.17, 15) is 0 Å². The Morgan fingerprint density at radius 2 is 1.27 bits per heavy atom. The summed E-state index contributed by atoms with van der Waals surface area (Å²) in [6, 6.07) is 49.1. The van der Waals surface area contributed by atoms with E-state index >= 15 is 0 Å². The number of para-hydroxylation sites is 2. The van der Waals surface area contributed by atoms with E-state index in [2.05, 4.69) is 166 Å². The molecule has 10 rings (SSSR count). The highest BCUT2D eigenvalue weighted by Crippen LogP contribution is 2.41. The van der Waals surface area contributed by atoms with Gasteiger partial charge in [-0.2, -0.15) is 0 Å². The number of rotatable bonds is 8. The lowest BCUT2D eigenvalue weighted by atomic mass is 9.94. The van der Waals surface area contributed by atoms with Crippen LogP contribution >= 0.6 is 22.7 Å². The summed E-state index contributed by atoms with van der Waals surface area (Å²) in [6.07, 6.45) is 6.59. The second-order valence-corrected chi connectivity index (χ2v) is 15.5. The molecule has 3 N–H and O–H groups in total. The number of nitrogens with one attached hydrogen (secondary N) is 3. The van der Waals surface area contributed by atoms with Gasteiger partial charge in [0.1, 0.15) is 0 Å². The summed E-state index contributed by atoms with van der Waals surface area (Å²) in [5.41, 5.74) is 15.7. The van der Waals surface area contributed by atoms with E-state index in [0.717, 1.165) is 12.8 Å². The molecule has 2 atom stereocenters. The first-order valence-electron chi connectivity index (χ1n) is 17.6. The smallest absolute Gasteiger partial charge is 0.0970 e. The van der Waals surface area contributed by atoms with Crippen LogP contribution in [0.25, 0.3) is 63.0 Å². The zero-order valence-electron chi connectivity index (χ0n) is 28.2. The Bertz CT molecular complexity index is 2780. The molecule has 3 aromatic heterocycles. The standard InChI is InChI=1S/C45H36N4S2/c1-46-48-45(29-23-25-42-36(26-29)33-15-6-11-21-41(33)50-42)47-44(28-22-24-34-32-14-5-10-20-40(32)51-43(34)27-28)35-16-4-9-19-39(35)49-37-17-7-2-12-30(37)31-13-3-8-18-38(31)49/h2,4-12,14-27,44-48H,3,13H2,1H3. The fourth-order valence-corrected chi connectivity index (χ4v) is 10.4. The molecule has 0 bridgehead atoms. The van der Waals surface area contributed by atoms with Crippen molar-refractivity contribution in [2.75, 3.05) is 7.05 Å². The highest BCUT2D eigenvalue weighted by molar-refractivity contribution is 7.26. The molecule has 1 aliphatic rings. The molecule has 2 unspecified atom stereocenters. The fraction of sp³-hybridized carbons (Fsp3) is 0.111. The third-order valence-electron chi connectivity index (χ3n) is 10.4. The van der Waals surface area contributed by atoms with E-state index in [-0.39, 0.29) is 12.2 Å². The highest BCUT2D eigenvalue weighted by Gasteiger charge is 2.27. The number of nitrogens with zero attached hydrogens (tertiary/aromatic N) is 1. The molecule has 0 aliphatic heterocycles. The molecule has 0 radical (unpaired) electrons. The summed E-state index contributed by atoms with van der Waals surface area (Å²) in [5, 5.41) is 10.7. The molecule has 0 amide bonds. The molecule has 9 aromatic rings. The second kappa shape index (κ2) is 12.6. The zero-order chi connectivity index (χ0) is 33.9. The first-order chi connectivity index (χ1) is 25.2. The average Bonchev–Trinajstić information content (AvgIpc) is 3.85. The Morgan fingerprint density at radius 3 is 2.12 bits per heavy atom. The number of hydrogen-bond donors (Lipinski definition) is 3. The molecule has 6 aromatic carbocycles. The first-order valence-corrected chi connectivity index (χ1v) is 19.3. The number of fused-ring (bicyclic) bond motifs is 9. The van der Waals surface area contributed by atoms with Crippen molar-refractivity contribution < 1.29 is 0 Å². The van der Waals surface area contributed by atoms with Crippen LogP contribution in [-0.2, 0) is 6.42 Å². The molecule has 0 spiro atoms. The van der Waals surface area contributed by atoms with Gasteiger partial charge >= 0.3 is 0 Å². The monoisotopic (exact) mass is 696 g/mol. The fourth-order valence-electron chi connectivity index (χ4n) is 8.12. The van der Waals surface area contributed by atoms with Gasteiger partial charge in [-0.15, -0.1) is 22.7 Å². The number of hydrogen-bond acceptors (Lipinski definition) is 5. The van der Waals surface area contributed by atoms with Crippen LogP contribution in [-0.4, -0.2) is 11.6 Å². The Labute approximate surface area is 304 Å². The van der Waals surface area contributed by atoms with Crippen molar-refractivity contribution in [2.24, 2.45) is 0 Å². The lowest BCUT2D eigenvalue weighted by molar-refractivity contribution is 0.375. The van der Waals surface area contributed by atoms with Crippen molar-refractivity contribution in [2.45, 2.75) is 25.0 Å². The molecule has 4 nitrogen and oxygen atoms in total. The minimum atomic E-state index is -0.190. The van der Waals surface area contributed by atoms with E-state index in [0.29, 0.717) is 0 Å². The Balaban J connectivity index is 1.17. The molecule has 0 fully saturated rings. The molecular weight excluding hydrogens is 661 g/mol. The number of hydrazine groups is 1. The van der Waals surface area contributed by atoms with Crippen LogP contribution in [0.4, 0.5) is 0 Å². The summed E-state index contributed by atoms with van der Waals surface area (Å²) in [7, 11) is 1.95. The van der Waals surface area contributed by atoms with Crippen LogP contribution in [0.15, 0.2) is 140 Å². The Hall–Kier alpha value is -5.08. The normalized spacial score (nSPS) is 14.2. The van der Waals surface area contributed by atoms with Gasteiger partial charge in [0.2, 0.25) is 0 Å². The van der Waals surface area contributed by atoms with Gasteiger partial charge in [-0.25, -0.2) is 5.43 Å². The van der Waals surface area contributed by atoms with Gasteiger partial charge in [-0.05, 0) is 90.7 Å². The van der Waals surface area contributed by atoms with Gasteiger partial charge in [0.05, 0.1) is 23.4 Å².